The minimum absolute atomic E-state index is 0. The second-order valence-electron chi connectivity index (χ2n) is 2.04. The normalized spacial score (nSPS) is 9.90. The van der Waals surface area contributed by atoms with Gasteiger partial charge in [-0.1, -0.05) is 0 Å². The Morgan fingerprint density at radius 3 is 0.850 bits per heavy atom. The summed E-state index contributed by atoms with van der Waals surface area (Å²) in [6, 6.07) is 0. The Bertz CT molecular complexity index is 490. The zero-order valence-electron chi connectivity index (χ0n) is 7.75. The molecule has 0 fully saturated rings. The van der Waals surface area contributed by atoms with Gasteiger partial charge in [-0.15, -0.1) is 10.1 Å². The van der Waals surface area contributed by atoms with Crippen LogP contribution in [0.15, 0.2) is 0 Å². The van der Waals surface area contributed by atoms with Crippen LogP contribution in [0.3, 0.4) is 0 Å². The van der Waals surface area contributed by atoms with Crippen LogP contribution in [0.5, 0.6) is 0 Å². The third-order valence-corrected chi connectivity index (χ3v) is 4.89. The van der Waals surface area contributed by atoms with Gasteiger partial charge in [-0.05, 0) is 0 Å². The van der Waals surface area contributed by atoms with Gasteiger partial charge >= 0.3 is 226 Å². The monoisotopic (exact) mass is 395 g/mol. The van der Waals surface area contributed by atoms with Gasteiger partial charge in [-0.3, -0.25) is 0 Å². The van der Waals surface area contributed by atoms with Crippen molar-refractivity contribution >= 4 is 154 Å². The fourth-order valence-corrected chi connectivity index (χ4v) is 1.09. The predicted octanol–water partition coefficient (Wildman–Crippen LogP) is -2.20. The minimum atomic E-state index is -6.17. The maximum absolute atomic E-state index is 8.58. The molecule has 0 spiro atoms. The molecular weight excluding hydrogens is 391 g/mol. The Labute approximate surface area is 240 Å². The number of nitriles is 6. The van der Waals surface area contributed by atoms with E-state index >= 15 is 0 Å². The molecule has 0 aliphatic rings. The van der Waals surface area contributed by atoms with E-state index in [1.807, 2.05) is 0 Å². The molecule has 0 aliphatic heterocycles. The average molecular weight is 395 g/mol. The Hall–Kier alpha value is 1.57. The van der Waals surface area contributed by atoms with Crippen LogP contribution in [-0.2, 0) is 10.7 Å². The van der Waals surface area contributed by atoms with E-state index < -0.39 is 15.8 Å². The van der Waals surface area contributed by atoms with E-state index in [9.17, 15) is 0 Å². The molecule has 0 aromatic carbocycles. The van der Waals surface area contributed by atoms with Gasteiger partial charge in [0.25, 0.3) is 5.09 Å². The molecule has 0 radical (unpaired) electrons. The molecule has 0 heterocycles. The molecular formula is C6H4FeK3N7O3. The molecule has 0 aromatic heterocycles. The second kappa shape index (κ2) is 12.0. The van der Waals surface area contributed by atoms with Crippen LogP contribution < -0.4 is 0 Å². The fraction of sp³-hybridized carbons (Fsp3) is 0. The van der Waals surface area contributed by atoms with E-state index in [-0.39, 0.29) is 154 Å². The van der Waals surface area contributed by atoms with Crippen molar-refractivity contribution in [1.29, 1.82) is 31.6 Å². The summed E-state index contributed by atoms with van der Waals surface area (Å²) >= 11 is 0. The molecule has 20 heavy (non-hydrogen) atoms. The Kier molecular flexibility index (Phi) is 20.0. The van der Waals surface area contributed by atoms with Crippen molar-refractivity contribution in [3.8, 4) is 29.8 Å². The van der Waals surface area contributed by atoms with Crippen LogP contribution in [0.4, 0.5) is 0 Å². The zero-order valence-corrected chi connectivity index (χ0v) is 8.85. The summed E-state index contributed by atoms with van der Waals surface area (Å²) in [6.45, 7) is 0. The molecule has 0 amide bonds. The molecule has 0 rings (SSSR count). The first-order valence-corrected chi connectivity index (χ1v) is 6.28. The third-order valence-electron chi connectivity index (χ3n) is 1.19. The van der Waals surface area contributed by atoms with E-state index in [2.05, 4.69) is 0 Å². The Balaban J connectivity index is -0.0000000951. The SMILES string of the molecule is N#[C][Fe]([C]#N)([C]#N)([C]#N)([C]#N)[C]#N.O=[N+]([O-])O.[KH].[KH].[KH]. The van der Waals surface area contributed by atoms with Crippen LogP contribution in [0.25, 0.3) is 0 Å². The van der Waals surface area contributed by atoms with Gasteiger partial charge in [-0.25, -0.2) is 0 Å². The topological polar surface area (TPSA) is 206 Å². The van der Waals surface area contributed by atoms with Crippen molar-refractivity contribution in [3.05, 3.63) is 10.1 Å². The van der Waals surface area contributed by atoms with Crippen molar-refractivity contribution < 1.29 is 21.0 Å². The van der Waals surface area contributed by atoms with E-state index in [1.165, 1.54) is 0 Å². The van der Waals surface area contributed by atoms with Crippen molar-refractivity contribution in [2.24, 2.45) is 0 Å². The van der Waals surface area contributed by atoms with Crippen molar-refractivity contribution in [2.75, 3.05) is 0 Å². The molecule has 0 atom stereocenters. The molecule has 0 unspecified atom stereocenters. The molecule has 0 aliphatic carbocycles. The number of rotatable bonds is 0. The first-order valence-electron chi connectivity index (χ1n) is 2.97. The third kappa shape index (κ3) is 6.77. The molecule has 10 nitrogen and oxygen atoms in total. The van der Waals surface area contributed by atoms with Gasteiger partial charge in [-0.2, -0.15) is 0 Å². The Morgan fingerprint density at radius 2 is 0.850 bits per heavy atom. The summed E-state index contributed by atoms with van der Waals surface area (Å²) in [5.74, 6) is 0. The summed E-state index contributed by atoms with van der Waals surface area (Å²) in [4.78, 5) is 14.5. The second-order valence-corrected chi connectivity index (χ2v) is 7.66. The predicted molar refractivity (Wildman–Crippen MR) is 63.9 cm³/mol. The first kappa shape index (κ1) is 33.2. The van der Waals surface area contributed by atoms with Crippen LogP contribution in [-0.4, -0.2) is 164 Å². The van der Waals surface area contributed by atoms with Crippen molar-refractivity contribution in [1.82, 2.24) is 0 Å². The van der Waals surface area contributed by atoms with Crippen LogP contribution >= 0.6 is 0 Å². The van der Waals surface area contributed by atoms with E-state index in [0.717, 1.165) is 29.8 Å². The van der Waals surface area contributed by atoms with Gasteiger partial charge in [0.15, 0.2) is 0 Å². The number of hydrogen-bond donors (Lipinski definition) is 1. The summed E-state index contributed by atoms with van der Waals surface area (Å²) in [5.41, 5.74) is 0. The Morgan fingerprint density at radius 1 is 0.750 bits per heavy atom. The van der Waals surface area contributed by atoms with Gasteiger partial charge in [0.1, 0.15) is 0 Å². The summed E-state index contributed by atoms with van der Waals surface area (Å²) < 4.78 is 0. The van der Waals surface area contributed by atoms with Crippen molar-refractivity contribution in [2.45, 2.75) is 0 Å². The van der Waals surface area contributed by atoms with Crippen LogP contribution in [0, 0.1) is 71.5 Å². The standard InChI is InChI=1S/6CN.Fe.3K.HNO3.3H/c6*1-2;;;;;2-1(3)4;;;/h;;;;;;;;;;(H,2,3,4);;;. The molecule has 0 bridgehead atoms. The van der Waals surface area contributed by atoms with E-state index in [0.29, 0.717) is 0 Å². The molecule has 0 saturated carbocycles. The van der Waals surface area contributed by atoms with E-state index in [1.54, 1.807) is 0 Å². The summed E-state index contributed by atoms with van der Waals surface area (Å²) in [7, 11) is -6.17. The molecule has 14 heteroatoms. The van der Waals surface area contributed by atoms with Gasteiger partial charge in [0, 0.05) is 0 Å². The quantitative estimate of drug-likeness (QED) is 0.268. The average Bonchev–Trinajstić information content (AvgIpc) is 2.36. The van der Waals surface area contributed by atoms with Crippen LogP contribution in [0.2, 0.25) is 0 Å². The number of hydrogen-bond acceptors (Lipinski definition) is 8. The van der Waals surface area contributed by atoms with Gasteiger partial charge in [0.2, 0.25) is 0 Å². The maximum atomic E-state index is 8.58. The van der Waals surface area contributed by atoms with Crippen molar-refractivity contribution in [3.63, 3.8) is 0 Å². The number of nitrogens with zero attached hydrogens (tertiary/aromatic N) is 7. The summed E-state index contributed by atoms with van der Waals surface area (Å²) in [5, 5.41) is 65.1. The molecule has 0 aromatic rings. The van der Waals surface area contributed by atoms with Gasteiger partial charge in [0.05, 0.1) is 0 Å². The zero-order chi connectivity index (χ0) is 14.2. The first-order chi connectivity index (χ1) is 7.71. The summed E-state index contributed by atoms with van der Waals surface area (Å²) in [6.07, 6.45) is 0. The van der Waals surface area contributed by atoms with Gasteiger partial charge < -0.3 is 5.21 Å². The fourth-order valence-electron chi connectivity index (χ4n) is 0.265. The van der Waals surface area contributed by atoms with Crippen LogP contribution in [0.1, 0.15) is 0 Å². The molecule has 0 saturated heterocycles. The molecule has 92 valence electrons. The molecule has 1 N–H and O–H groups in total. The van der Waals surface area contributed by atoms with E-state index in [4.69, 9.17) is 46.9 Å².